The molecule has 2 aromatic rings. The maximum atomic E-state index is 12.9. The molecule has 2 heterocycles. The molecule has 2 aromatic carbocycles. The Morgan fingerprint density at radius 2 is 2.00 bits per heavy atom. The highest BCUT2D eigenvalue weighted by Gasteiger charge is 2.30. The van der Waals surface area contributed by atoms with Crippen molar-refractivity contribution in [2.24, 2.45) is 0 Å². The molecule has 0 saturated heterocycles. The highest BCUT2D eigenvalue weighted by Crippen LogP contribution is 2.39. The number of anilines is 2. The van der Waals surface area contributed by atoms with Crippen LogP contribution in [0.25, 0.3) is 0 Å². The van der Waals surface area contributed by atoms with Crippen molar-refractivity contribution in [1.29, 1.82) is 0 Å². The van der Waals surface area contributed by atoms with E-state index in [1.165, 1.54) is 17.7 Å². The summed E-state index contributed by atoms with van der Waals surface area (Å²) in [6.07, 6.45) is 2.71. The van der Waals surface area contributed by atoms with Gasteiger partial charge in [0.15, 0.2) is 0 Å². The van der Waals surface area contributed by atoms with E-state index in [2.05, 4.69) is 23.1 Å². The molecule has 0 atom stereocenters. The van der Waals surface area contributed by atoms with Crippen molar-refractivity contribution in [1.82, 2.24) is 0 Å². The maximum Gasteiger partial charge on any atom is 0.231 e. The normalized spacial score (nSPS) is 15.9. The number of aryl methyl sites for hydroxylation is 1. The van der Waals surface area contributed by atoms with Crippen LogP contribution in [0.5, 0.6) is 5.75 Å². The average Bonchev–Trinajstić information content (AvgIpc) is 2.62. The van der Waals surface area contributed by atoms with Crippen LogP contribution in [0.1, 0.15) is 17.5 Å². The number of amides is 1. The number of nitrogens with zero attached hydrogens (tertiary/aromatic N) is 2. The second-order valence-corrected chi connectivity index (χ2v) is 6.45. The van der Waals surface area contributed by atoms with E-state index >= 15 is 0 Å². The Morgan fingerprint density at radius 3 is 2.88 bits per heavy atom. The van der Waals surface area contributed by atoms with Crippen LogP contribution >= 0.6 is 0 Å². The molecule has 2 aliphatic heterocycles. The number of benzene rings is 2. The van der Waals surface area contributed by atoms with Gasteiger partial charge in [0.2, 0.25) is 5.91 Å². The Labute approximate surface area is 142 Å². The maximum absolute atomic E-state index is 12.9. The van der Waals surface area contributed by atoms with Crippen molar-refractivity contribution in [3.63, 3.8) is 0 Å². The highest BCUT2D eigenvalue weighted by molar-refractivity contribution is 5.99. The lowest BCUT2D eigenvalue weighted by atomic mass is 9.97. The van der Waals surface area contributed by atoms with Crippen LogP contribution in [0.15, 0.2) is 42.5 Å². The highest BCUT2D eigenvalue weighted by atomic mass is 16.5. The van der Waals surface area contributed by atoms with Gasteiger partial charge in [-0.05, 0) is 42.2 Å². The van der Waals surface area contributed by atoms with Gasteiger partial charge in [-0.3, -0.25) is 4.79 Å². The molecule has 4 heteroatoms. The lowest BCUT2D eigenvalue weighted by molar-refractivity contribution is -0.118. The summed E-state index contributed by atoms with van der Waals surface area (Å²) in [5, 5.41) is 0. The lowest BCUT2D eigenvalue weighted by Crippen LogP contribution is -2.46. The van der Waals surface area contributed by atoms with E-state index in [9.17, 15) is 4.79 Å². The molecule has 0 aromatic heterocycles. The molecule has 0 saturated carbocycles. The molecule has 124 valence electrons. The van der Waals surface area contributed by atoms with Gasteiger partial charge >= 0.3 is 0 Å². The van der Waals surface area contributed by atoms with Crippen molar-refractivity contribution >= 4 is 17.3 Å². The number of para-hydroxylation sites is 1. The predicted octanol–water partition coefficient (Wildman–Crippen LogP) is 3.04. The molecule has 0 bridgehead atoms. The topological polar surface area (TPSA) is 32.8 Å². The second-order valence-electron chi connectivity index (χ2n) is 6.45. The number of carbonyl (C=O) groups is 1. The minimum absolute atomic E-state index is 0.155. The smallest absolute Gasteiger partial charge is 0.231 e. The quantitative estimate of drug-likeness (QED) is 0.871. The third-order valence-corrected chi connectivity index (χ3v) is 4.96. The first-order valence-corrected chi connectivity index (χ1v) is 8.56. The molecule has 4 nitrogen and oxygen atoms in total. The minimum atomic E-state index is 0.155. The molecule has 0 unspecified atom stereocenters. The monoisotopic (exact) mass is 322 g/mol. The molecule has 0 spiro atoms. The van der Waals surface area contributed by atoms with Gasteiger partial charge < -0.3 is 14.5 Å². The zero-order chi connectivity index (χ0) is 16.5. The Kier molecular flexibility index (Phi) is 3.89. The van der Waals surface area contributed by atoms with Crippen molar-refractivity contribution < 1.29 is 9.53 Å². The van der Waals surface area contributed by atoms with Crippen LogP contribution < -0.4 is 14.5 Å². The van der Waals surface area contributed by atoms with Gasteiger partial charge in [-0.15, -0.1) is 0 Å². The van der Waals surface area contributed by atoms with E-state index in [1.807, 2.05) is 29.2 Å². The zero-order valence-corrected chi connectivity index (χ0v) is 14.0. The Balaban J connectivity index is 1.61. The molecular formula is C20H22N2O2. The van der Waals surface area contributed by atoms with Crippen molar-refractivity contribution in [2.75, 3.05) is 36.5 Å². The van der Waals surface area contributed by atoms with Gasteiger partial charge in [0.1, 0.15) is 5.75 Å². The largest absolute Gasteiger partial charge is 0.497 e. The Morgan fingerprint density at radius 1 is 1.12 bits per heavy atom. The van der Waals surface area contributed by atoms with Crippen LogP contribution in [0.3, 0.4) is 0 Å². The summed E-state index contributed by atoms with van der Waals surface area (Å²) < 4.78 is 5.26. The third-order valence-electron chi connectivity index (χ3n) is 4.96. The number of hydrogen-bond acceptors (Lipinski definition) is 3. The molecule has 24 heavy (non-hydrogen) atoms. The molecule has 0 fully saturated rings. The van der Waals surface area contributed by atoms with E-state index in [0.29, 0.717) is 6.42 Å². The second kappa shape index (κ2) is 6.19. The summed E-state index contributed by atoms with van der Waals surface area (Å²) in [6, 6.07) is 14.1. The zero-order valence-electron chi connectivity index (χ0n) is 14.0. The fraction of sp³-hybridized carbons (Fsp3) is 0.350. The molecule has 1 amide bonds. The summed E-state index contributed by atoms with van der Waals surface area (Å²) in [6.45, 7) is 2.79. The molecule has 4 rings (SSSR count). The fourth-order valence-corrected chi connectivity index (χ4v) is 3.81. The van der Waals surface area contributed by atoms with Crippen molar-refractivity contribution in [3.05, 3.63) is 53.6 Å². The van der Waals surface area contributed by atoms with Crippen molar-refractivity contribution in [3.8, 4) is 5.75 Å². The van der Waals surface area contributed by atoms with Gasteiger partial charge in [-0.2, -0.15) is 0 Å². The van der Waals surface area contributed by atoms with E-state index < -0.39 is 0 Å². The van der Waals surface area contributed by atoms with E-state index in [-0.39, 0.29) is 5.91 Å². The summed E-state index contributed by atoms with van der Waals surface area (Å²) in [4.78, 5) is 17.3. The first-order chi connectivity index (χ1) is 11.8. The van der Waals surface area contributed by atoms with Crippen LogP contribution in [-0.2, 0) is 17.6 Å². The number of hydrogen-bond donors (Lipinski definition) is 0. The van der Waals surface area contributed by atoms with E-state index in [4.69, 9.17) is 4.74 Å². The van der Waals surface area contributed by atoms with Crippen molar-refractivity contribution in [2.45, 2.75) is 19.3 Å². The first kappa shape index (κ1) is 15.1. The minimum Gasteiger partial charge on any atom is -0.497 e. The fourth-order valence-electron chi connectivity index (χ4n) is 3.81. The summed E-state index contributed by atoms with van der Waals surface area (Å²) >= 11 is 0. The summed E-state index contributed by atoms with van der Waals surface area (Å²) in [5.74, 6) is 0.948. The lowest BCUT2D eigenvalue weighted by Gasteiger charge is -2.41. The standard InChI is InChI=1S/C20H22N2O2/c1-24-17-8-2-5-15(13-17)14-19(23)22-12-11-21-10-4-7-16-6-3-9-18(22)20(16)21/h2-3,5-6,8-9,13H,4,7,10-12,14H2,1H3. The molecule has 0 aliphatic carbocycles. The number of methoxy groups -OCH3 is 1. The van der Waals surface area contributed by atoms with Crippen LogP contribution in [-0.4, -0.2) is 32.7 Å². The molecule has 0 radical (unpaired) electrons. The number of carbonyl (C=O) groups excluding carboxylic acids is 1. The number of ether oxygens (including phenoxy) is 1. The van der Waals surface area contributed by atoms with E-state index in [0.717, 1.165) is 43.1 Å². The van der Waals surface area contributed by atoms with Gasteiger partial charge in [0.05, 0.1) is 24.9 Å². The molecule has 0 N–H and O–H groups in total. The first-order valence-electron chi connectivity index (χ1n) is 8.56. The Hall–Kier alpha value is -2.49. The van der Waals surface area contributed by atoms with Crippen LogP contribution in [0.2, 0.25) is 0 Å². The molecule has 2 aliphatic rings. The molecular weight excluding hydrogens is 300 g/mol. The third kappa shape index (κ3) is 2.62. The predicted molar refractivity (Wildman–Crippen MR) is 96.0 cm³/mol. The van der Waals surface area contributed by atoms with Gasteiger partial charge in [0.25, 0.3) is 0 Å². The summed E-state index contributed by atoms with van der Waals surface area (Å²) in [5.41, 5.74) is 4.71. The average molecular weight is 322 g/mol. The van der Waals surface area contributed by atoms with Gasteiger partial charge in [0, 0.05) is 19.6 Å². The van der Waals surface area contributed by atoms with Crippen LogP contribution in [0, 0.1) is 0 Å². The SMILES string of the molecule is COc1cccc(CC(=O)N2CCN3CCCc4cccc2c43)c1. The number of rotatable bonds is 3. The summed E-state index contributed by atoms with van der Waals surface area (Å²) in [7, 11) is 1.65. The van der Waals surface area contributed by atoms with Gasteiger partial charge in [-0.1, -0.05) is 24.3 Å². The van der Waals surface area contributed by atoms with Crippen LogP contribution in [0.4, 0.5) is 11.4 Å². The van der Waals surface area contributed by atoms with Gasteiger partial charge in [-0.25, -0.2) is 0 Å². The van der Waals surface area contributed by atoms with E-state index in [1.54, 1.807) is 7.11 Å². The Bertz CT molecular complexity index is 772.